The average Bonchev–Trinajstić information content (AvgIpc) is 3.10. The lowest BCUT2D eigenvalue weighted by Crippen LogP contribution is -2.33. The van der Waals surface area contributed by atoms with E-state index in [2.05, 4.69) is 37.6 Å². The molecule has 0 saturated heterocycles. The Morgan fingerprint density at radius 1 is 1.22 bits per heavy atom. The van der Waals surface area contributed by atoms with E-state index in [0.29, 0.717) is 23.9 Å². The van der Waals surface area contributed by atoms with Crippen molar-refractivity contribution in [1.29, 1.82) is 0 Å². The molecule has 0 radical (unpaired) electrons. The van der Waals surface area contributed by atoms with Crippen molar-refractivity contribution in [2.24, 2.45) is 5.92 Å². The van der Waals surface area contributed by atoms with Crippen molar-refractivity contribution in [3.8, 4) is 11.8 Å². The Hall–Kier alpha value is -3.23. The molecule has 0 atom stereocenters. The van der Waals surface area contributed by atoms with Gasteiger partial charge in [-0.15, -0.1) is 5.10 Å². The minimum atomic E-state index is -4.45. The first-order valence-electron chi connectivity index (χ1n) is 11.9. The van der Waals surface area contributed by atoms with E-state index < -0.39 is 23.2 Å². The molecular formula is C25H28ClF3N6O2. The molecule has 3 aromatic rings. The van der Waals surface area contributed by atoms with Crippen LogP contribution in [0.2, 0.25) is 5.28 Å². The van der Waals surface area contributed by atoms with Gasteiger partial charge in [0, 0.05) is 12.5 Å². The zero-order chi connectivity index (χ0) is 26.8. The summed E-state index contributed by atoms with van der Waals surface area (Å²) in [6, 6.07) is 4.62. The third kappa shape index (κ3) is 6.76. The summed E-state index contributed by atoms with van der Waals surface area (Å²) >= 11 is 6.35. The number of aromatic nitrogens is 5. The number of halogens is 4. The van der Waals surface area contributed by atoms with Crippen LogP contribution in [0.3, 0.4) is 0 Å². The third-order valence-electron chi connectivity index (χ3n) is 6.39. The monoisotopic (exact) mass is 536 g/mol. The van der Waals surface area contributed by atoms with Gasteiger partial charge in [0.05, 0.1) is 12.1 Å². The van der Waals surface area contributed by atoms with Crippen LogP contribution in [0, 0.1) is 17.8 Å². The van der Waals surface area contributed by atoms with Gasteiger partial charge in [-0.2, -0.15) is 13.2 Å². The van der Waals surface area contributed by atoms with E-state index in [1.807, 2.05) is 0 Å². The number of nitrogens with zero attached hydrogens (tertiary/aromatic N) is 3. The molecule has 0 spiro atoms. The molecule has 198 valence electrons. The Balaban J connectivity index is 1.52. The van der Waals surface area contributed by atoms with Crippen LogP contribution < -0.4 is 5.32 Å². The fourth-order valence-electron chi connectivity index (χ4n) is 4.36. The number of H-pyrrole nitrogens is 2. The van der Waals surface area contributed by atoms with Crippen molar-refractivity contribution in [1.82, 2.24) is 30.3 Å². The summed E-state index contributed by atoms with van der Waals surface area (Å²) in [7, 11) is 0. The summed E-state index contributed by atoms with van der Waals surface area (Å²) < 4.78 is 40.3. The summed E-state index contributed by atoms with van der Waals surface area (Å²) in [5.41, 5.74) is -1.42. The fourth-order valence-corrected chi connectivity index (χ4v) is 4.58. The molecule has 1 aliphatic rings. The number of hydrogen-bond donors (Lipinski definition) is 4. The second kappa shape index (κ2) is 10.6. The number of aromatic amines is 2. The highest BCUT2D eigenvalue weighted by atomic mass is 35.5. The summed E-state index contributed by atoms with van der Waals surface area (Å²) in [5.74, 6) is 6.58. The smallest absolute Gasteiger partial charge is 0.378 e. The topological polar surface area (TPSA) is 112 Å². The number of aliphatic hydroxyl groups is 1. The molecule has 12 heteroatoms. The van der Waals surface area contributed by atoms with Gasteiger partial charge in [0.25, 0.3) is 5.91 Å². The molecule has 1 saturated carbocycles. The largest absolute Gasteiger partial charge is 0.416 e. The van der Waals surface area contributed by atoms with Crippen molar-refractivity contribution in [3.63, 3.8) is 0 Å². The first-order chi connectivity index (χ1) is 17.4. The molecule has 0 unspecified atom stereocenters. The van der Waals surface area contributed by atoms with Gasteiger partial charge in [0.1, 0.15) is 22.8 Å². The van der Waals surface area contributed by atoms with E-state index in [4.69, 9.17) is 11.6 Å². The predicted molar refractivity (Wildman–Crippen MR) is 131 cm³/mol. The van der Waals surface area contributed by atoms with Crippen LogP contribution >= 0.6 is 11.6 Å². The molecule has 1 amide bonds. The van der Waals surface area contributed by atoms with E-state index in [9.17, 15) is 23.1 Å². The van der Waals surface area contributed by atoms with Gasteiger partial charge in [0.2, 0.25) is 5.28 Å². The fraction of sp³-hybridized carbons (Fsp3) is 0.480. The Morgan fingerprint density at radius 2 is 1.86 bits per heavy atom. The number of benzene rings is 1. The van der Waals surface area contributed by atoms with Crippen LogP contribution in [0.5, 0.6) is 0 Å². The number of hydrogen-bond acceptors (Lipinski definition) is 4. The minimum absolute atomic E-state index is 0.0190. The van der Waals surface area contributed by atoms with Crippen LogP contribution in [0.1, 0.15) is 78.6 Å². The molecule has 2 heterocycles. The van der Waals surface area contributed by atoms with E-state index in [1.54, 1.807) is 0 Å². The number of amides is 1. The highest BCUT2D eigenvalue weighted by Crippen LogP contribution is 2.34. The maximum Gasteiger partial charge on any atom is 0.416 e. The Bertz CT molecular complexity index is 1270. The van der Waals surface area contributed by atoms with Crippen molar-refractivity contribution < 1.29 is 23.1 Å². The first kappa shape index (κ1) is 26.8. The summed E-state index contributed by atoms with van der Waals surface area (Å²) in [6.07, 6.45) is -0.652. The molecular weight excluding hydrogens is 509 g/mol. The molecule has 1 aromatic carbocycles. The minimum Gasteiger partial charge on any atom is -0.378 e. The molecule has 37 heavy (non-hydrogen) atoms. The lowest BCUT2D eigenvalue weighted by molar-refractivity contribution is -0.137. The van der Waals surface area contributed by atoms with E-state index in [1.165, 1.54) is 30.5 Å². The zero-order valence-electron chi connectivity index (χ0n) is 20.4. The zero-order valence-corrected chi connectivity index (χ0v) is 21.2. The maximum atomic E-state index is 13.3. The molecule has 2 aromatic heterocycles. The molecule has 1 aliphatic carbocycles. The summed E-state index contributed by atoms with van der Waals surface area (Å²) in [5, 5.41) is 22.7. The van der Waals surface area contributed by atoms with E-state index in [-0.39, 0.29) is 23.2 Å². The number of rotatable bonds is 6. The Labute approximate surface area is 217 Å². The summed E-state index contributed by atoms with van der Waals surface area (Å²) in [6.45, 7) is 3.46. The van der Waals surface area contributed by atoms with Gasteiger partial charge in [0.15, 0.2) is 0 Å². The molecule has 4 rings (SSSR count). The summed E-state index contributed by atoms with van der Waals surface area (Å²) in [4.78, 5) is 17.5. The van der Waals surface area contributed by atoms with Crippen LogP contribution in [0.4, 0.5) is 13.2 Å². The van der Waals surface area contributed by atoms with E-state index >= 15 is 0 Å². The van der Waals surface area contributed by atoms with Crippen LogP contribution in [0.15, 0.2) is 24.3 Å². The second-order valence-corrected chi connectivity index (χ2v) is 10.2. The molecule has 0 bridgehead atoms. The van der Waals surface area contributed by atoms with Gasteiger partial charge in [-0.25, -0.2) is 10.2 Å². The number of carbonyl (C=O) groups excluding carboxylic acids is 1. The molecule has 1 fully saturated rings. The lowest BCUT2D eigenvalue weighted by atomic mass is 9.81. The quantitative estimate of drug-likeness (QED) is 0.348. The van der Waals surface area contributed by atoms with Gasteiger partial charge in [-0.1, -0.05) is 18.1 Å². The SMILES string of the molecule is CC(C)(O)C#Cc1nc(Cl)n(Cc2ccc(C(F)(F)F)cc2)c1C(=O)NCC1CCC(c2n[nH][nH]2)CC1. The number of carbonyl (C=O) groups is 1. The standard InChI is InChI=1S/C25H28ClF3N6O2/c1-24(2,37)12-11-19-20(22(36)30-13-15-3-7-17(8-4-15)21-32-34-33-21)35(23(26)31-19)14-16-5-9-18(10-6-16)25(27,28)29/h5-6,9-10,15,17,34,37H,3-4,7-8,13-14H2,1-2H3,(H,30,36)(H,32,33). The van der Waals surface area contributed by atoms with Crippen molar-refractivity contribution in [2.45, 2.75) is 63.8 Å². The molecule has 4 N–H and O–H groups in total. The average molecular weight is 537 g/mol. The highest BCUT2D eigenvalue weighted by Gasteiger charge is 2.30. The predicted octanol–water partition coefficient (Wildman–Crippen LogP) is 4.48. The first-order valence-corrected chi connectivity index (χ1v) is 12.3. The van der Waals surface area contributed by atoms with Gasteiger partial charge in [-0.3, -0.25) is 9.89 Å². The normalized spacial score (nSPS) is 18.4. The Morgan fingerprint density at radius 3 is 2.41 bits per heavy atom. The number of nitrogens with one attached hydrogen (secondary N) is 3. The molecule has 8 nitrogen and oxygen atoms in total. The van der Waals surface area contributed by atoms with Gasteiger partial charge in [-0.05, 0) is 80.7 Å². The Kier molecular flexibility index (Phi) is 7.71. The second-order valence-electron chi connectivity index (χ2n) is 9.83. The van der Waals surface area contributed by atoms with Crippen molar-refractivity contribution in [3.05, 3.63) is 57.9 Å². The third-order valence-corrected chi connectivity index (χ3v) is 6.68. The van der Waals surface area contributed by atoms with E-state index in [0.717, 1.165) is 43.6 Å². The number of imidazole rings is 1. The van der Waals surface area contributed by atoms with Crippen molar-refractivity contribution in [2.75, 3.05) is 6.54 Å². The van der Waals surface area contributed by atoms with Crippen LogP contribution in [0.25, 0.3) is 0 Å². The van der Waals surface area contributed by atoms with Gasteiger partial charge >= 0.3 is 6.18 Å². The van der Waals surface area contributed by atoms with Crippen molar-refractivity contribution >= 4 is 17.5 Å². The van der Waals surface area contributed by atoms with Crippen LogP contribution in [-0.2, 0) is 12.7 Å². The molecule has 0 aliphatic heterocycles. The number of alkyl halides is 3. The van der Waals surface area contributed by atoms with Crippen LogP contribution in [-0.4, -0.2) is 48.1 Å². The lowest BCUT2D eigenvalue weighted by Gasteiger charge is -2.28. The van der Waals surface area contributed by atoms with Gasteiger partial charge < -0.3 is 15.0 Å². The highest BCUT2D eigenvalue weighted by molar-refractivity contribution is 6.29. The maximum absolute atomic E-state index is 13.3.